The number of aryl methyl sites for hydroxylation is 3. The predicted octanol–water partition coefficient (Wildman–Crippen LogP) is 3.24. The smallest absolute Gasteiger partial charge is 0.246 e. The fraction of sp³-hybridized carbons (Fsp3) is 0.462. The van der Waals surface area contributed by atoms with E-state index in [2.05, 4.69) is 26.3 Å². The van der Waals surface area contributed by atoms with Crippen molar-refractivity contribution in [1.82, 2.24) is 31.2 Å². The van der Waals surface area contributed by atoms with Crippen LogP contribution in [0.5, 0.6) is 0 Å². The van der Waals surface area contributed by atoms with E-state index in [0.29, 0.717) is 37.8 Å². The number of carbonyl (C=O) groups excluding carboxylic acids is 7. The van der Waals surface area contributed by atoms with Crippen LogP contribution in [0.3, 0.4) is 0 Å². The van der Waals surface area contributed by atoms with Crippen LogP contribution in [0.4, 0.5) is 5.69 Å². The van der Waals surface area contributed by atoms with Crippen molar-refractivity contribution < 1.29 is 38.7 Å². The van der Waals surface area contributed by atoms with Gasteiger partial charge >= 0.3 is 0 Å². The highest BCUT2D eigenvalue weighted by atomic mass is 32.1. The first-order valence-corrected chi connectivity index (χ1v) is 24.9. The van der Waals surface area contributed by atoms with Gasteiger partial charge in [0.1, 0.15) is 24.2 Å². The van der Waals surface area contributed by atoms with E-state index >= 15 is 0 Å². The summed E-state index contributed by atoms with van der Waals surface area (Å²) in [4.78, 5) is 102. The standard InChI is InChI=1S/C52H65N9O8S/c1-30-45(70-29-57-30)35-18-16-33(17-19-35)27-56-48(66)40-25-37(62)28-60(40)51(69)46(52(2,3)4)59-43(64)11-6-5-8-31-12-14-32(15-13-31)26-55-47(65)39(22-23-42(54)63)58-49(67)41-24-36-10-7-9-34-20-21-38(53)50(68)61(41)44(34)36/h7,9-10,12-19,29,37-41,46,62H,5-6,8,11,20-28,53H2,1-4H3,(H2,54,63)(H,55,65)(H,56,66)(H,58,67)(H,59,64)/t37-,38+,39+,40+,41+,46-/m1/s1. The van der Waals surface area contributed by atoms with Gasteiger partial charge in [-0.1, -0.05) is 87.5 Å². The molecular formula is C52H65N9O8S. The maximum atomic E-state index is 14.1. The number of carbonyl (C=O) groups is 7. The first kappa shape index (κ1) is 51.4. The minimum atomic E-state index is -1.08. The first-order valence-electron chi connectivity index (χ1n) is 24.1. The molecule has 1 fully saturated rings. The Kier molecular flexibility index (Phi) is 16.5. The molecule has 0 radical (unpaired) electrons. The number of anilines is 1. The van der Waals surface area contributed by atoms with Crippen molar-refractivity contribution in [1.29, 1.82) is 0 Å². The number of rotatable bonds is 19. The molecule has 7 rings (SSSR count). The van der Waals surface area contributed by atoms with Gasteiger partial charge in [-0.05, 0) is 84.2 Å². The molecule has 0 aliphatic carbocycles. The van der Waals surface area contributed by atoms with Crippen molar-refractivity contribution in [3.8, 4) is 10.4 Å². The molecule has 17 nitrogen and oxygen atoms in total. The normalized spacial score (nSPS) is 19.4. The maximum absolute atomic E-state index is 14.1. The van der Waals surface area contributed by atoms with Gasteiger partial charge in [0, 0.05) is 45.3 Å². The van der Waals surface area contributed by atoms with Crippen molar-refractivity contribution >= 4 is 58.4 Å². The third-order valence-corrected chi connectivity index (χ3v) is 14.4. The summed E-state index contributed by atoms with van der Waals surface area (Å²) < 4.78 is 0. The second-order valence-corrected chi connectivity index (χ2v) is 20.6. The Morgan fingerprint density at radius 2 is 1.53 bits per heavy atom. The number of thiazole rings is 1. The van der Waals surface area contributed by atoms with Crippen molar-refractivity contribution in [3.05, 3.63) is 106 Å². The SMILES string of the molecule is Cc1ncsc1-c1ccc(CNC(=O)[C@@H]2C[C@@H](O)CN2C(=O)[C@@H](NC(=O)CCCCc2ccc(CNC(=O)[C@H](CCC(N)=O)NC(=O)[C@@H]3Cc4cccc5c4N3C(=O)[C@@H](N)CC5)cc2)C(C)(C)C)cc1. The van der Waals surface area contributed by atoms with E-state index in [1.807, 2.05) is 94.4 Å². The van der Waals surface area contributed by atoms with Gasteiger partial charge in [0.05, 0.1) is 33.9 Å². The lowest BCUT2D eigenvalue weighted by Gasteiger charge is -2.35. The van der Waals surface area contributed by atoms with E-state index in [9.17, 15) is 38.7 Å². The van der Waals surface area contributed by atoms with Gasteiger partial charge in [-0.2, -0.15) is 0 Å². The van der Waals surface area contributed by atoms with Crippen LogP contribution >= 0.6 is 11.3 Å². The number of amides is 7. The van der Waals surface area contributed by atoms with Crippen molar-refractivity contribution in [2.24, 2.45) is 16.9 Å². The number of nitrogens with one attached hydrogen (secondary N) is 4. The molecule has 7 amide bonds. The van der Waals surface area contributed by atoms with Crippen molar-refractivity contribution in [3.63, 3.8) is 0 Å². The zero-order valence-electron chi connectivity index (χ0n) is 40.3. The van der Waals surface area contributed by atoms with E-state index in [0.717, 1.165) is 44.0 Å². The highest BCUT2D eigenvalue weighted by Gasteiger charge is 2.45. The van der Waals surface area contributed by atoms with Gasteiger partial charge in [-0.15, -0.1) is 11.3 Å². The van der Waals surface area contributed by atoms with E-state index in [-0.39, 0.29) is 69.5 Å². The summed E-state index contributed by atoms with van der Waals surface area (Å²) in [5, 5.41) is 22.1. The average Bonchev–Trinajstić information content (AvgIpc) is 4.05. The number of aliphatic hydroxyl groups excluding tert-OH is 1. The number of primary amides is 1. The average molecular weight is 976 g/mol. The summed E-state index contributed by atoms with van der Waals surface area (Å²) >= 11 is 1.57. The van der Waals surface area contributed by atoms with E-state index in [1.165, 1.54) is 9.80 Å². The molecule has 9 N–H and O–H groups in total. The number of aliphatic hydroxyl groups is 1. The third-order valence-electron chi connectivity index (χ3n) is 13.4. The van der Waals surface area contributed by atoms with Crippen LogP contribution in [-0.2, 0) is 65.9 Å². The Balaban J connectivity index is 0.860. The summed E-state index contributed by atoms with van der Waals surface area (Å²) in [5.41, 5.74) is 20.0. The molecule has 3 aliphatic rings. The number of β-amino-alcohol motifs (C(OH)–C–C–N with tert-alkyl or cyclic N) is 1. The fourth-order valence-electron chi connectivity index (χ4n) is 9.45. The van der Waals surface area contributed by atoms with Gasteiger partial charge in [0.2, 0.25) is 41.4 Å². The second kappa shape index (κ2) is 22.5. The lowest BCUT2D eigenvalue weighted by Crippen LogP contribution is -2.57. The zero-order valence-corrected chi connectivity index (χ0v) is 41.1. The number of hydrogen-bond acceptors (Lipinski definition) is 11. The van der Waals surface area contributed by atoms with Crippen LogP contribution in [0.1, 0.15) is 99.2 Å². The maximum Gasteiger partial charge on any atom is 0.246 e. The zero-order chi connectivity index (χ0) is 50.3. The Bertz CT molecular complexity index is 2580. The van der Waals surface area contributed by atoms with Crippen molar-refractivity contribution in [2.45, 2.75) is 141 Å². The summed E-state index contributed by atoms with van der Waals surface area (Å²) in [6, 6.07) is 16.7. The molecule has 0 bridgehead atoms. The number of hydrogen-bond donors (Lipinski definition) is 7. The molecule has 6 atom stereocenters. The lowest BCUT2D eigenvalue weighted by atomic mass is 9.85. The van der Waals surface area contributed by atoms with Crippen LogP contribution in [0, 0.1) is 12.3 Å². The quantitative estimate of drug-likeness (QED) is 0.0675. The number of benzene rings is 3. The summed E-state index contributed by atoms with van der Waals surface area (Å²) in [6.07, 6.45) is 2.51. The molecule has 372 valence electrons. The highest BCUT2D eigenvalue weighted by molar-refractivity contribution is 7.13. The van der Waals surface area contributed by atoms with Crippen LogP contribution in [-0.4, -0.2) is 99.2 Å². The Morgan fingerprint density at radius 3 is 2.20 bits per heavy atom. The molecule has 4 aromatic rings. The van der Waals surface area contributed by atoms with E-state index < -0.39 is 65.4 Å². The van der Waals surface area contributed by atoms with Gasteiger partial charge in [0.25, 0.3) is 0 Å². The fourth-order valence-corrected chi connectivity index (χ4v) is 10.3. The van der Waals surface area contributed by atoms with Crippen molar-refractivity contribution in [2.75, 3.05) is 11.4 Å². The Hall–Kier alpha value is -6.50. The molecule has 0 spiro atoms. The van der Waals surface area contributed by atoms with Gasteiger partial charge < -0.3 is 42.7 Å². The molecule has 1 saturated heterocycles. The van der Waals surface area contributed by atoms with Gasteiger partial charge in [0.15, 0.2) is 0 Å². The Morgan fingerprint density at radius 1 is 0.857 bits per heavy atom. The molecule has 1 aromatic heterocycles. The van der Waals surface area contributed by atoms with Crippen LogP contribution in [0.2, 0.25) is 0 Å². The topological polar surface area (TPSA) is 259 Å². The van der Waals surface area contributed by atoms with Gasteiger partial charge in [-0.25, -0.2) is 4.98 Å². The summed E-state index contributed by atoms with van der Waals surface area (Å²) in [7, 11) is 0. The first-order chi connectivity index (χ1) is 33.4. The number of nitrogens with zero attached hydrogens (tertiary/aromatic N) is 3. The molecule has 0 saturated carbocycles. The van der Waals surface area contributed by atoms with Crippen LogP contribution in [0.15, 0.2) is 72.2 Å². The lowest BCUT2D eigenvalue weighted by molar-refractivity contribution is -0.144. The largest absolute Gasteiger partial charge is 0.391 e. The second-order valence-electron chi connectivity index (χ2n) is 19.7. The molecule has 18 heteroatoms. The molecule has 4 heterocycles. The van der Waals surface area contributed by atoms with Crippen LogP contribution in [0.25, 0.3) is 10.4 Å². The minimum Gasteiger partial charge on any atom is -0.391 e. The number of aromatic nitrogens is 1. The molecule has 70 heavy (non-hydrogen) atoms. The predicted molar refractivity (Wildman–Crippen MR) is 266 cm³/mol. The molecule has 3 aromatic carbocycles. The Labute approximate surface area is 412 Å². The molecule has 3 aliphatic heterocycles. The van der Waals surface area contributed by atoms with Gasteiger partial charge in [-0.3, -0.25) is 38.5 Å². The van der Waals surface area contributed by atoms with E-state index in [4.69, 9.17) is 11.5 Å². The minimum absolute atomic E-state index is 0.0145. The third kappa shape index (κ3) is 12.4. The van der Waals surface area contributed by atoms with E-state index in [1.54, 1.807) is 16.8 Å². The highest BCUT2D eigenvalue weighted by Crippen LogP contribution is 2.39. The van der Waals surface area contributed by atoms with Crippen LogP contribution < -0.4 is 37.6 Å². The number of para-hydroxylation sites is 1. The molecule has 0 unspecified atom stereocenters. The number of unbranched alkanes of at least 4 members (excludes halogenated alkanes) is 1. The monoisotopic (exact) mass is 975 g/mol. The molecular weight excluding hydrogens is 911 g/mol. The number of likely N-dealkylation sites (tertiary alicyclic amines) is 1. The summed E-state index contributed by atoms with van der Waals surface area (Å²) in [5.74, 6) is -3.06. The number of nitrogens with two attached hydrogens (primary N) is 2. The summed E-state index contributed by atoms with van der Waals surface area (Å²) in [6.45, 7) is 7.90.